The van der Waals surface area contributed by atoms with Crippen LogP contribution in [-0.2, 0) is 14.3 Å². The number of carbonyl (C=O) groups excluding carboxylic acids is 1. The number of amides is 1. The fourth-order valence-corrected chi connectivity index (χ4v) is 3.72. The van der Waals surface area contributed by atoms with Crippen LogP contribution < -0.4 is 5.32 Å². The molecular weight excluding hydrogens is 398 g/mol. The standard InChI is InChI=1S/C28H57NO3/c1-8-9-10-11-12-13-14-15-16-23-31-28(6,7)21-24-32-27(4,5)20-19-26(30)29-22-17-18-25(2)3/h25H,8-24H2,1-7H3,(H,29,30). The predicted molar refractivity (Wildman–Crippen MR) is 138 cm³/mol. The number of unbranched alkanes of at least 4 members (excludes halogenated alkanes) is 8. The van der Waals surface area contributed by atoms with Crippen molar-refractivity contribution in [2.24, 2.45) is 5.92 Å². The van der Waals surface area contributed by atoms with Gasteiger partial charge in [0.2, 0.25) is 5.91 Å². The maximum absolute atomic E-state index is 12.1. The number of hydrogen-bond acceptors (Lipinski definition) is 3. The van der Waals surface area contributed by atoms with Crippen LogP contribution in [0.3, 0.4) is 0 Å². The molecule has 0 rings (SSSR count). The lowest BCUT2D eigenvalue weighted by Gasteiger charge is -2.29. The normalized spacial score (nSPS) is 12.5. The third-order valence-electron chi connectivity index (χ3n) is 6.17. The molecule has 1 N–H and O–H groups in total. The van der Waals surface area contributed by atoms with Crippen molar-refractivity contribution in [1.29, 1.82) is 0 Å². The first kappa shape index (κ1) is 31.4. The second kappa shape index (κ2) is 18.8. The Kier molecular flexibility index (Phi) is 18.4. The van der Waals surface area contributed by atoms with Crippen molar-refractivity contribution in [3.8, 4) is 0 Å². The summed E-state index contributed by atoms with van der Waals surface area (Å²) in [5.74, 6) is 0.827. The van der Waals surface area contributed by atoms with Crippen molar-refractivity contribution in [2.45, 2.75) is 150 Å². The lowest BCUT2D eigenvalue weighted by Crippen LogP contribution is -2.33. The zero-order valence-corrected chi connectivity index (χ0v) is 22.8. The molecule has 1 amide bonds. The van der Waals surface area contributed by atoms with Crippen LogP contribution in [0.2, 0.25) is 0 Å². The Morgan fingerprint density at radius 2 is 1.28 bits per heavy atom. The average Bonchev–Trinajstić information content (AvgIpc) is 2.70. The van der Waals surface area contributed by atoms with Gasteiger partial charge in [-0.1, -0.05) is 72.1 Å². The number of hydrogen-bond donors (Lipinski definition) is 1. The molecular formula is C28H57NO3. The molecule has 0 aromatic carbocycles. The van der Waals surface area contributed by atoms with Crippen molar-refractivity contribution in [3.05, 3.63) is 0 Å². The van der Waals surface area contributed by atoms with E-state index < -0.39 is 0 Å². The van der Waals surface area contributed by atoms with Crippen molar-refractivity contribution in [1.82, 2.24) is 5.32 Å². The van der Waals surface area contributed by atoms with E-state index in [9.17, 15) is 4.79 Å². The highest BCUT2D eigenvalue weighted by molar-refractivity contribution is 5.75. The van der Waals surface area contributed by atoms with E-state index in [1.807, 2.05) is 0 Å². The molecule has 32 heavy (non-hydrogen) atoms. The third kappa shape index (κ3) is 21.2. The van der Waals surface area contributed by atoms with Crippen LogP contribution in [0.5, 0.6) is 0 Å². The van der Waals surface area contributed by atoms with Crippen molar-refractivity contribution in [2.75, 3.05) is 19.8 Å². The summed E-state index contributed by atoms with van der Waals surface area (Å²) in [7, 11) is 0. The van der Waals surface area contributed by atoms with E-state index in [0.29, 0.717) is 18.9 Å². The van der Waals surface area contributed by atoms with Crippen LogP contribution in [0.4, 0.5) is 0 Å². The largest absolute Gasteiger partial charge is 0.375 e. The third-order valence-corrected chi connectivity index (χ3v) is 6.17. The van der Waals surface area contributed by atoms with Gasteiger partial charge < -0.3 is 14.8 Å². The van der Waals surface area contributed by atoms with Gasteiger partial charge in [-0.15, -0.1) is 0 Å². The second-order valence-electron chi connectivity index (χ2n) is 11.2. The second-order valence-corrected chi connectivity index (χ2v) is 11.2. The first-order valence-corrected chi connectivity index (χ1v) is 13.6. The molecule has 0 fully saturated rings. The number of carbonyl (C=O) groups is 1. The smallest absolute Gasteiger partial charge is 0.220 e. The van der Waals surface area contributed by atoms with Gasteiger partial charge in [0.05, 0.1) is 17.8 Å². The highest BCUT2D eigenvalue weighted by Crippen LogP contribution is 2.21. The minimum Gasteiger partial charge on any atom is -0.375 e. The van der Waals surface area contributed by atoms with E-state index in [1.54, 1.807) is 0 Å². The molecule has 0 heterocycles. The van der Waals surface area contributed by atoms with Gasteiger partial charge in [0.25, 0.3) is 0 Å². The van der Waals surface area contributed by atoms with Gasteiger partial charge in [-0.25, -0.2) is 0 Å². The molecule has 0 aliphatic rings. The molecule has 4 heteroatoms. The fraction of sp³-hybridized carbons (Fsp3) is 0.964. The summed E-state index contributed by atoms with van der Waals surface area (Å²) < 4.78 is 12.2. The van der Waals surface area contributed by atoms with Crippen molar-refractivity contribution >= 4 is 5.91 Å². The quantitative estimate of drug-likeness (QED) is 0.169. The molecule has 0 aromatic heterocycles. The minimum atomic E-state index is -0.289. The molecule has 0 aliphatic carbocycles. The Balaban J connectivity index is 3.78. The topological polar surface area (TPSA) is 47.6 Å². The van der Waals surface area contributed by atoms with Crippen LogP contribution >= 0.6 is 0 Å². The van der Waals surface area contributed by atoms with Gasteiger partial charge in [0.15, 0.2) is 0 Å². The Labute approximate surface area is 201 Å². The zero-order chi connectivity index (χ0) is 24.3. The summed E-state index contributed by atoms with van der Waals surface area (Å²) in [6.07, 6.45) is 16.4. The summed E-state index contributed by atoms with van der Waals surface area (Å²) >= 11 is 0. The summed E-state index contributed by atoms with van der Waals surface area (Å²) in [6, 6.07) is 0. The molecule has 4 nitrogen and oxygen atoms in total. The number of nitrogens with one attached hydrogen (secondary N) is 1. The zero-order valence-electron chi connectivity index (χ0n) is 22.8. The van der Waals surface area contributed by atoms with Gasteiger partial charge in [-0.05, 0) is 65.7 Å². The van der Waals surface area contributed by atoms with Gasteiger partial charge in [0, 0.05) is 19.6 Å². The van der Waals surface area contributed by atoms with Gasteiger partial charge >= 0.3 is 0 Å². The van der Waals surface area contributed by atoms with E-state index in [0.717, 1.165) is 45.3 Å². The highest BCUT2D eigenvalue weighted by Gasteiger charge is 2.23. The first-order chi connectivity index (χ1) is 15.1. The summed E-state index contributed by atoms with van der Waals surface area (Å²) in [6.45, 7) is 17.4. The van der Waals surface area contributed by atoms with Crippen molar-refractivity contribution < 1.29 is 14.3 Å². The maximum Gasteiger partial charge on any atom is 0.220 e. The summed E-state index contributed by atoms with van der Waals surface area (Å²) in [5.41, 5.74) is -0.452. The van der Waals surface area contributed by atoms with Crippen LogP contribution in [-0.4, -0.2) is 36.9 Å². The van der Waals surface area contributed by atoms with E-state index in [2.05, 4.69) is 53.8 Å². The lowest BCUT2D eigenvalue weighted by molar-refractivity contribution is -0.123. The van der Waals surface area contributed by atoms with E-state index >= 15 is 0 Å². The lowest BCUT2D eigenvalue weighted by atomic mass is 10.0. The van der Waals surface area contributed by atoms with Gasteiger partial charge in [-0.3, -0.25) is 4.79 Å². The van der Waals surface area contributed by atoms with Crippen LogP contribution in [0.15, 0.2) is 0 Å². The van der Waals surface area contributed by atoms with Gasteiger partial charge in [-0.2, -0.15) is 0 Å². The summed E-state index contributed by atoms with van der Waals surface area (Å²) in [4.78, 5) is 12.1. The molecule has 0 bridgehead atoms. The molecule has 0 aromatic rings. The SMILES string of the molecule is CCCCCCCCCCCOC(C)(C)CCOC(C)(C)CCC(=O)NCCCC(C)C. The molecule has 0 radical (unpaired) electrons. The van der Waals surface area contributed by atoms with E-state index in [-0.39, 0.29) is 17.1 Å². The predicted octanol–water partition coefficient (Wildman–Crippen LogP) is 7.83. The first-order valence-electron chi connectivity index (χ1n) is 13.6. The highest BCUT2D eigenvalue weighted by atomic mass is 16.5. The van der Waals surface area contributed by atoms with E-state index in [1.165, 1.54) is 51.4 Å². The fourth-order valence-electron chi connectivity index (χ4n) is 3.72. The molecule has 192 valence electrons. The molecule has 0 spiro atoms. The Bertz CT molecular complexity index is 446. The van der Waals surface area contributed by atoms with Crippen LogP contribution in [0.25, 0.3) is 0 Å². The van der Waals surface area contributed by atoms with Crippen molar-refractivity contribution in [3.63, 3.8) is 0 Å². The minimum absolute atomic E-state index is 0.134. The molecule has 0 unspecified atom stereocenters. The van der Waals surface area contributed by atoms with Crippen LogP contribution in [0.1, 0.15) is 138 Å². The molecule has 0 atom stereocenters. The summed E-state index contributed by atoms with van der Waals surface area (Å²) in [5, 5.41) is 3.03. The Hall–Kier alpha value is -0.610. The van der Waals surface area contributed by atoms with Gasteiger partial charge in [0.1, 0.15) is 0 Å². The number of rotatable bonds is 22. The average molecular weight is 456 g/mol. The molecule has 0 saturated carbocycles. The molecule has 0 aliphatic heterocycles. The Morgan fingerprint density at radius 1 is 0.750 bits per heavy atom. The van der Waals surface area contributed by atoms with E-state index in [4.69, 9.17) is 9.47 Å². The number of ether oxygens (including phenoxy) is 2. The maximum atomic E-state index is 12.1. The monoisotopic (exact) mass is 455 g/mol. The molecule has 0 saturated heterocycles. The van der Waals surface area contributed by atoms with Crippen LogP contribution in [0, 0.1) is 5.92 Å². The Morgan fingerprint density at radius 3 is 1.88 bits per heavy atom.